The van der Waals surface area contributed by atoms with Gasteiger partial charge in [-0.25, -0.2) is 18.1 Å². The zero-order valence-corrected chi connectivity index (χ0v) is 13.2. The third kappa shape index (κ3) is 2.84. The van der Waals surface area contributed by atoms with E-state index >= 15 is 0 Å². The van der Waals surface area contributed by atoms with Gasteiger partial charge in [0.2, 0.25) is 10.0 Å². The summed E-state index contributed by atoms with van der Waals surface area (Å²) in [6.07, 6.45) is 1.65. The lowest BCUT2D eigenvalue weighted by atomic mass is 10.1. The number of aryl methyl sites for hydroxylation is 1. The van der Waals surface area contributed by atoms with E-state index in [2.05, 4.69) is 9.71 Å². The maximum absolute atomic E-state index is 12.5. The molecule has 0 radical (unpaired) electrons. The van der Waals surface area contributed by atoms with Gasteiger partial charge in [0.25, 0.3) is 0 Å². The van der Waals surface area contributed by atoms with E-state index in [1.54, 1.807) is 26.1 Å². The molecule has 20 heavy (non-hydrogen) atoms. The summed E-state index contributed by atoms with van der Waals surface area (Å²) < 4.78 is 27.7. The lowest BCUT2D eigenvalue weighted by Gasteiger charge is -2.16. The Kier molecular flexibility index (Phi) is 4.12. The summed E-state index contributed by atoms with van der Waals surface area (Å²) in [5.74, 6) is 0. The number of nitrogens with zero attached hydrogens (tertiary/aromatic N) is 1. The monoisotopic (exact) mass is 311 g/mol. The van der Waals surface area contributed by atoms with E-state index in [0.717, 1.165) is 10.6 Å². The zero-order valence-electron chi connectivity index (χ0n) is 11.5. The Bertz CT molecular complexity index is 709. The predicted molar refractivity (Wildman–Crippen MR) is 81.2 cm³/mol. The first kappa shape index (κ1) is 15.0. The highest BCUT2D eigenvalue weighted by Crippen LogP contribution is 2.27. The number of hydrogen-bond donors (Lipinski definition) is 2. The molecule has 0 saturated heterocycles. The Morgan fingerprint density at radius 2 is 2.05 bits per heavy atom. The second kappa shape index (κ2) is 5.51. The average molecular weight is 311 g/mol. The summed E-state index contributed by atoms with van der Waals surface area (Å²) in [6, 6.07) is 3.04. The van der Waals surface area contributed by atoms with Gasteiger partial charge in [0, 0.05) is 11.6 Å². The molecule has 0 fully saturated rings. The van der Waals surface area contributed by atoms with Gasteiger partial charge < -0.3 is 5.73 Å². The van der Waals surface area contributed by atoms with Crippen LogP contribution in [0, 0.1) is 13.8 Å². The minimum atomic E-state index is -3.68. The Labute approximate surface area is 122 Å². The number of nitrogens with two attached hydrogens (primary N) is 1. The van der Waals surface area contributed by atoms with Crippen molar-refractivity contribution in [2.75, 3.05) is 5.73 Å². The van der Waals surface area contributed by atoms with Crippen LogP contribution in [0.25, 0.3) is 0 Å². The van der Waals surface area contributed by atoms with Crippen LogP contribution in [0.5, 0.6) is 0 Å². The smallest absolute Gasteiger partial charge is 0.243 e. The number of thiazole rings is 1. The Hall–Kier alpha value is -1.44. The molecule has 3 N–H and O–H groups in total. The van der Waals surface area contributed by atoms with Crippen molar-refractivity contribution in [1.82, 2.24) is 9.71 Å². The Morgan fingerprint density at radius 1 is 1.35 bits per heavy atom. The lowest BCUT2D eigenvalue weighted by molar-refractivity contribution is 0.566. The third-order valence-corrected chi connectivity index (χ3v) is 5.83. The summed E-state index contributed by atoms with van der Waals surface area (Å²) >= 11 is 1.41. The van der Waals surface area contributed by atoms with Crippen LogP contribution in [0.3, 0.4) is 0 Å². The molecular weight excluding hydrogens is 294 g/mol. The quantitative estimate of drug-likeness (QED) is 0.849. The number of anilines is 1. The highest BCUT2D eigenvalue weighted by atomic mass is 32.2. The molecule has 0 bridgehead atoms. The predicted octanol–water partition coefficient (Wildman–Crippen LogP) is 2.38. The fraction of sp³-hybridized carbons (Fsp3) is 0.308. The van der Waals surface area contributed by atoms with Gasteiger partial charge in [0.15, 0.2) is 0 Å². The highest BCUT2D eigenvalue weighted by Gasteiger charge is 2.24. The maximum atomic E-state index is 12.5. The van der Waals surface area contributed by atoms with Crippen LogP contribution < -0.4 is 10.5 Å². The maximum Gasteiger partial charge on any atom is 0.243 e. The second-order valence-corrected chi connectivity index (χ2v) is 7.22. The van der Waals surface area contributed by atoms with E-state index < -0.39 is 10.0 Å². The minimum absolute atomic E-state index is 0.154. The molecule has 0 aliphatic heterocycles. The van der Waals surface area contributed by atoms with Gasteiger partial charge in [-0.2, -0.15) is 0 Å². The topological polar surface area (TPSA) is 85.1 Å². The van der Waals surface area contributed by atoms with Crippen molar-refractivity contribution in [2.45, 2.75) is 31.7 Å². The van der Waals surface area contributed by atoms with Gasteiger partial charge in [-0.1, -0.05) is 6.07 Å². The summed E-state index contributed by atoms with van der Waals surface area (Å²) in [4.78, 5) is 4.27. The van der Waals surface area contributed by atoms with Crippen molar-refractivity contribution in [1.29, 1.82) is 0 Å². The van der Waals surface area contributed by atoms with Gasteiger partial charge in [-0.15, -0.1) is 11.3 Å². The van der Waals surface area contributed by atoms with Crippen LogP contribution in [-0.2, 0) is 10.0 Å². The van der Waals surface area contributed by atoms with Crippen molar-refractivity contribution in [3.63, 3.8) is 0 Å². The molecule has 0 saturated carbocycles. The lowest BCUT2D eigenvalue weighted by Crippen LogP contribution is -2.28. The minimum Gasteiger partial charge on any atom is -0.398 e. The van der Waals surface area contributed by atoms with E-state index in [0.29, 0.717) is 5.56 Å². The molecule has 0 spiro atoms. The molecular formula is C13H17N3O2S2. The molecule has 0 aliphatic carbocycles. The molecule has 7 heteroatoms. The SMILES string of the molecule is Cc1ccc(N)c(S(=O)(=O)NC(C)c2nccs2)c1C. The molecule has 2 aromatic rings. The Morgan fingerprint density at radius 3 is 2.65 bits per heavy atom. The Balaban J connectivity index is 2.39. The molecule has 1 aromatic carbocycles. The van der Waals surface area contributed by atoms with Crippen LogP contribution in [0.15, 0.2) is 28.6 Å². The molecule has 5 nitrogen and oxygen atoms in total. The number of nitrogen functional groups attached to an aromatic ring is 1. The molecule has 108 valence electrons. The van der Waals surface area contributed by atoms with Crippen LogP contribution >= 0.6 is 11.3 Å². The van der Waals surface area contributed by atoms with Crippen molar-refractivity contribution < 1.29 is 8.42 Å². The molecule has 1 atom stereocenters. The van der Waals surface area contributed by atoms with Crippen molar-refractivity contribution in [3.8, 4) is 0 Å². The fourth-order valence-corrected chi connectivity index (χ4v) is 4.32. The molecule has 0 amide bonds. The fourth-order valence-electron chi connectivity index (χ4n) is 1.96. The standard InChI is InChI=1S/C13H17N3O2S2/c1-8-4-5-11(14)12(9(8)2)20(17,18)16-10(3)13-15-6-7-19-13/h4-7,10,16H,14H2,1-3H3. The van der Waals surface area contributed by atoms with Crippen LogP contribution in [0.4, 0.5) is 5.69 Å². The summed E-state index contributed by atoms with van der Waals surface area (Å²) in [6.45, 7) is 5.38. The van der Waals surface area contributed by atoms with Gasteiger partial charge in [0.1, 0.15) is 9.90 Å². The summed E-state index contributed by atoms with van der Waals surface area (Å²) in [5, 5.41) is 2.53. The average Bonchev–Trinajstić information content (AvgIpc) is 2.87. The number of hydrogen-bond acceptors (Lipinski definition) is 5. The summed E-state index contributed by atoms with van der Waals surface area (Å²) in [5.41, 5.74) is 7.66. The van der Waals surface area contributed by atoms with E-state index in [-0.39, 0.29) is 16.6 Å². The molecule has 1 heterocycles. The van der Waals surface area contributed by atoms with E-state index in [1.165, 1.54) is 11.3 Å². The molecule has 2 rings (SSSR count). The van der Waals surface area contributed by atoms with E-state index in [9.17, 15) is 8.42 Å². The van der Waals surface area contributed by atoms with Crippen LogP contribution in [-0.4, -0.2) is 13.4 Å². The zero-order chi connectivity index (χ0) is 14.9. The molecule has 0 aliphatic rings. The van der Waals surface area contributed by atoms with Crippen LogP contribution in [0.2, 0.25) is 0 Å². The summed E-state index contributed by atoms with van der Waals surface area (Å²) in [7, 11) is -3.68. The molecule has 1 aromatic heterocycles. The number of benzene rings is 1. The normalized spacial score (nSPS) is 13.3. The first-order valence-electron chi connectivity index (χ1n) is 6.10. The van der Waals surface area contributed by atoms with Crippen molar-refractivity contribution >= 4 is 27.0 Å². The van der Waals surface area contributed by atoms with E-state index in [4.69, 9.17) is 5.73 Å². The van der Waals surface area contributed by atoms with Gasteiger partial charge in [0.05, 0.1) is 11.7 Å². The third-order valence-electron chi connectivity index (χ3n) is 3.13. The number of sulfonamides is 1. The van der Waals surface area contributed by atoms with Gasteiger partial charge in [-0.05, 0) is 38.0 Å². The first-order chi connectivity index (χ1) is 9.33. The number of aromatic nitrogens is 1. The second-order valence-electron chi connectivity index (χ2n) is 4.64. The number of rotatable bonds is 4. The first-order valence-corrected chi connectivity index (χ1v) is 8.46. The highest BCUT2D eigenvalue weighted by molar-refractivity contribution is 7.89. The van der Waals surface area contributed by atoms with Crippen molar-refractivity contribution in [3.05, 3.63) is 39.8 Å². The van der Waals surface area contributed by atoms with E-state index in [1.807, 2.05) is 18.4 Å². The van der Waals surface area contributed by atoms with Gasteiger partial charge in [-0.3, -0.25) is 0 Å². The van der Waals surface area contributed by atoms with Crippen LogP contribution in [0.1, 0.15) is 29.1 Å². The van der Waals surface area contributed by atoms with Crippen molar-refractivity contribution in [2.24, 2.45) is 0 Å². The number of nitrogens with one attached hydrogen (secondary N) is 1. The largest absolute Gasteiger partial charge is 0.398 e. The molecule has 1 unspecified atom stereocenters. The van der Waals surface area contributed by atoms with Gasteiger partial charge >= 0.3 is 0 Å².